The molecule has 7 aromatic carbocycles. The lowest BCUT2D eigenvalue weighted by Gasteiger charge is -2.23. The Bertz CT molecular complexity index is 2770. The van der Waals surface area contributed by atoms with Crippen LogP contribution in [-0.2, 0) is 0 Å². The van der Waals surface area contributed by atoms with Gasteiger partial charge in [-0.25, -0.2) is 9.98 Å². The minimum Gasteiger partial charge on any atom is -0.455 e. The van der Waals surface area contributed by atoms with Gasteiger partial charge in [-0.05, 0) is 40.8 Å². The number of rotatable bonds is 4. The Labute approximate surface area is 280 Å². The highest BCUT2D eigenvalue weighted by atomic mass is 32.1. The van der Waals surface area contributed by atoms with E-state index in [0.29, 0.717) is 0 Å². The van der Waals surface area contributed by atoms with Crippen LogP contribution in [0.5, 0.6) is 0 Å². The molecule has 0 fully saturated rings. The number of nitrogens with one attached hydrogen (secondary N) is 1. The standard InChI is InChI=1S/C43H27N3OS/c1-2-11-26(12-3-1)41-44-42(46-43(45-41)36-20-10-19-35-32-16-5-7-22-38(32)48-40(35)36)28-14-8-13-27(25-28)29-17-9-18-33-30(29)23-24-34-31-15-4-6-21-37(31)47-39(33)34/h1-25,43H,(H,44,45,46). The lowest BCUT2D eigenvalue weighted by atomic mass is 9.95. The third kappa shape index (κ3) is 4.29. The highest BCUT2D eigenvalue weighted by Crippen LogP contribution is 2.41. The van der Waals surface area contributed by atoms with Gasteiger partial charge in [0, 0.05) is 53.0 Å². The first kappa shape index (κ1) is 27.1. The summed E-state index contributed by atoms with van der Waals surface area (Å²) in [6, 6.07) is 53.2. The molecule has 2 aromatic heterocycles. The molecule has 1 atom stereocenters. The average Bonchev–Trinajstić information content (AvgIpc) is 3.74. The van der Waals surface area contributed by atoms with Crippen LogP contribution in [0, 0.1) is 0 Å². The van der Waals surface area contributed by atoms with Crippen molar-refractivity contribution < 1.29 is 4.42 Å². The summed E-state index contributed by atoms with van der Waals surface area (Å²) >= 11 is 1.81. The molecule has 0 aliphatic carbocycles. The largest absolute Gasteiger partial charge is 0.455 e. The van der Waals surface area contributed by atoms with Crippen LogP contribution in [0.3, 0.4) is 0 Å². The van der Waals surface area contributed by atoms with Crippen LogP contribution in [0.1, 0.15) is 22.9 Å². The molecule has 0 amide bonds. The second-order valence-electron chi connectivity index (χ2n) is 12.2. The molecule has 0 radical (unpaired) electrons. The van der Waals surface area contributed by atoms with Crippen LogP contribution < -0.4 is 5.32 Å². The number of benzene rings is 7. The van der Waals surface area contributed by atoms with Crippen LogP contribution in [0.2, 0.25) is 0 Å². The van der Waals surface area contributed by atoms with Gasteiger partial charge in [-0.2, -0.15) is 0 Å². The fourth-order valence-corrected chi connectivity index (χ4v) is 8.31. The third-order valence-corrected chi connectivity index (χ3v) is 10.6. The molecule has 48 heavy (non-hydrogen) atoms. The fraction of sp³-hybridized carbons (Fsp3) is 0.0233. The summed E-state index contributed by atoms with van der Waals surface area (Å²) in [6.07, 6.45) is -0.393. The number of hydrogen-bond acceptors (Lipinski definition) is 5. The second-order valence-corrected chi connectivity index (χ2v) is 13.2. The number of aliphatic imine (C=N–C) groups is 2. The van der Waals surface area contributed by atoms with E-state index in [4.69, 9.17) is 14.4 Å². The highest BCUT2D eigenvalue weighted by molar-refractivity contribution is 7.26. The summed E-state index contributed by atoms with van der Waals surface area (Å²) in [4.78, 5) is 10.5. The maximum atomic E-state index is 6.39. The zero-order valence-electron chi connectivity index (χ0n) is 25.7. The minimum atomic E-state index is -0.393. The van der Waals surface area contributed by atoms with Crippen LogP contribution in [0.15, 0.2) is 166 Å². The van der Waals surface area contributed by atoms with Crippen molar-refractivity contribution in [3.05, 3.63) is 168 Å². The fourth-order valence-electron chi connectivity index (χ4n) is 7.08. The van der Waals surface area contributed by atoms with E-state index < -0.39 is 6.17 Å². The first-order chi connectivity index (χ1) is 23.8. The second kappa shape index (κ2) is 10.8. The molecular formula is C43H27N3OS. The Hall–Kier alpha value is -6.04. The summed E-state index contributed by atoms with van der Waals surface area (Å²) in [6.45, 7) is 0. The van der Waals surface area contributed by atoms with Crippen molar-refractivity contribution >= 4 is 75.9 Å². The Morgan fingerprint density at radius 1 is 0.500 bits per heavy atom. The van der Waals surface area contributed by atoms with Crippen molar-refractivity contribution in [1.29, 1.82) is 0 Å². The van der Waals surface area contributed by atoms with Crippen LogP contribution >= 0.6 is 11.3 Å². The smallest absolute Gasteiger partial charge is 0.171 e. The van der Waals surface area contributed by atoms with E-state index in [1.54, 1.807) is 0 Å². The maximum Gasteiger partial charge on any atom is 0.171 e. The molecule has 0 spiro atoms. The van der Waals surface area contributed by atoms with Crippen LogP contribution in [-0.4, -0.2) is 11.7 Å². The molecule has 10 rings (SSSR count). The molecule has 226 valence electrons. The summed E-state index contributed by atoms with van der Waals surface area (Å²) in [5, 5.41) is 10.7. The molecule has 0 saturated heterocycles. The van der Waals surface area contributed by atoms with Gasteiger partial charge in [-0.3, -0.25) is 0 Å². The van der Waals surface area contributed by atoms with E-state index in [1.807, 2.05) is 41.7 Å². The SMILES string of the molecule is c1ccc(C2=NC(c3cccc4c3sc3ccccc34)N=C(c3cccc(-c4cccc5c4ccc4c6ccccc6oc54)c3)N2)cc1. The Balaban J connectivity index is 1.12. The summed E-state index contributed by atoms with van der Waals surface area (Å²) in [5.74, 6) is 1.61. The Morgan fingerprint density at radius 3 is 2.06 bits per heavy atom. The molecular weight excluding hydrogens is 607 g/mol. The molecule has 0 bridgehead atoms. The lowest BCUT2D eigenvalue weighted by Crippen LogP contribution is -2.36. The number of nitrogens with zero attached hydrogens (tertiary/aromatic N) is 2. The van der Waals surface area contributed by atoms with Gasteiger partial charge in [0.2, 0.25) is 0 Å². The predicted octanol–water partition coefficient (Wildman–Crippen LogP) is 11.3. The van der Waals surface area contributed by atoms with Crippen molar-refractivity contribution in [2.75, 3.05) is 0 Å². The van der Waals surface area contributed by atoms with Gasteiger partial charge in [-0.15, -0.1) is 11.3 Å². The number of hydrogen-bond donors (Lipinski definition) is 1. The Morgan fingerprint density at radius 2 is 1.15 bits per heavy atom. The van der Waals surface area contributed by atoms with Crippen LogP contribution in [0.25, 0.3) is 64.0 Å². The average molecular weight is 634 g/mol. The molecule has 4 nitrogen and oxygen atoms in total. The number of thiophene rings is 1. The number of fused-ring (bicyclic) bond motifs is 8. The lowest BCUT2D eigenvalue weighted by molar-refractivity contribution is 0.672. The zero-order valence-corrected chi connectivity index (χ0v) is 26.5. The first-order valence-corrected chi connectivity index (χ1v) is 16.9. The monoisotopic (exact) mass is 633 g/mol. The first-order valence-electron chi connectivity index (χ1n) is 16.1. The van der Waals surface area contributed by atoms with Gasteiger partial charge < -0.3 is 9.73 Å². The van der Waals surface area contributed by atoms with E-state index >= 15 is 0 Å². The molecule has 3 heterocycles. The van der Waals surface area contributed by atoms with Gasteiger partial charge in [0.25, 0.3) is 0 Å². The quantitative estimate of drug-likeness (QED) is 0.210. The number of amidine groups is 2. The van der Waals surface area contributed by atoms with Gasteiger partial charge in [-0.1, -0.05) is 127 Å². The van der Waals surface area contributed by atoms with Crippen molar-refractivity contribution in [2.45, 2.75) is 6.17 Å². The predicted molar refractivity (Wildman–Crippen MR) is 201 cm³/mol. The van der Waals surface area contributed by atoms with E-state index in [-0.39, 0.29) is 0 Å². The number of para-hydroxylation sites is 1. The summed E-state index contributed by atoms with van der Waals surface area (Å²) in [5.41, 5.74) is 7.24. The maximum absolute atomic E-state index is 6.39. The minimum absolute atomic E-state index is 0.393. The molecule has 9 aromatic rings. The summed E-state index contributed by atoms with van der Waals surface area (Å²) in [7, 11) is 0. The molecule has 1 aliphatic heterocycles. The van der Waals surface area contributed by atoms with E-state index in [9.17, 15) is 0 Å². The van der Waals surface area contributed by atoms with Gasteiger partial charge in [0.05, 0.1) is 0 Å². The highest BCUT2D eigenvalue weighted by Gasteiger charge is 2.24. The van der Waals surface area contributed by atoms with Crippen molar-refractivity contribution in [2.24, 2.45) is 9.98 Å². The molecule has 1 unspecified atom stereocenters. The van der Waals surface area contributed by atoms with E-state index in [1.165, 1.54) is 20.2 Å². The van der Waals surface area contributed by atoms with Gasteiger partial charge >= 0.3 is 0 Å². The Kier molecular flexibility index (Phi) is 6.08. The molecule has 0 saturated carbocycles. The van der Waals surface area contributed by atoms with Crippen molar-refractivity contribution in [1.82, 2.24) is 5.32 Å². The van der Waals surface area contributed by atoms with Crippen LogP contribution in [0.4, 0.5) is 0 Å². The van der Waals surface area contributed by atoms with Gasteiger partial charge in [0.15, 0.2) is 6.17 Å². The topological polar surface area (TPSA) is 49.9 Å². The normalized spacial score (nSPS) is 14.9. The number of furan rings is 1. The molecule has 1 N–H and O–H groups in total. The van der Waals surface area contributed by atoms with Gasteiger partial charge in [0.1, 0.15) is 22.8 Å². The zero-order chi connectivity index (χ0) is 31.6. The van der Waals surface area contributed by atoms with E-state index in [0.717, 1.165) is 72.2 Å². The third-order valence-electron chi connectivity index (χ3n) is 9.35. The van der Waals surface area contributed by atoms with Crippen molar-refractivity contribution in [3.8, 4) is 11.1 Å². The summed E-state index contributed by atoms with van der Waals surface area (Å²) < 4.78 is 8.89. The molecule has 1 aliphatic rings. The van der Waals surface area contributed by atoms with E-state index in [2.05, 4.69) is 127 Å². The van der Waals surface area contributed by atoms with Crippen molar-refractivity contribution in [3.63, 3.8) is 0 Å². The molecule has 5 heteroatoms.